The van der Waals surface area contributed by atoms with Crippen LogP contribution in [0.5, 0.6) is 0 Å². The van der Waals surface area contributed by atoms with Gasteiger partial charge < -0.3 is 4.74 Å². The van der Waals surface area contributed by atoms with Gasteiger partial charge in [0.15, 0.2) is 0 Å². The number of nitriles is 1. The largest absolute Gasteiger partial charge is 0.378 e. The summed E-state index contributed by atoms with van der Waals surface area (Å²) in [7, 11) is 0. The fourth-order valence-corrected chi connectivity index (χ4v) is 3.08. The zero-order chi connectivity index (χ0) is 14.8. The van der Waals surface area contributed by atoms with Gasteiger partial charge in [0.25, 0.3) is 0 Å². The molecule has 1 fully saturated rings. The molecule has 3 unspecified atom stereocenters. The first-order valence-corrected chi connectivity index (χ1v) is 8.43. The van der Waals surface area contributed by atoms with Gasteiger partial charge in [-0.25, -0.2) is 0 Å². The minimum absolute atomic E-state index is 0.348. The smallest absolute Gasteiger partial charge is 0.106 e. The van der Waals surface area contributed by atoms with Crippen molar-refractivity contribution in [2.45, 2.75) is 83.8 Å². The van der Waals surface area contributed by atoms with Crippen LogP contribution in [0.15, 0.2) is 0 Å². The standard InChI is InChI=1S/C17H32N2O/c1-4-11-19-17(5-2,14-18)10-7-12-20-16-9-6-8-15(3)13-16/h15-16,19H,4-13H2,1-3H3. The van der Waals surface area contributed by atoms with Crippen molar-refractivity contribution in [3.05, 3.63) is 0 Å². The molecule has 0 aliphatic heterocycles. The Labute approximate surface area is 125 Å². The van der Waals surface area contributed by atoms with Gasteiger partial charge in [-0.3, -0.25) is 5.32 Å². The molecule has 1 N–H and O–H groups in total. The van der Waals surface area contributed by atoms with Gasteiger partial charge in [0.2, 0.25) is 0 Å². The monoisotopic (exact) mass is 280 g/mol. The molecule has 1 rings (SSSR count). The van der Waals surface area contributed by atoms with Crippen molar-refractivity contribution in [2.24, 2.45) is 5.92 Å². The predicted molar refractivity (Wildman–Crippen MR) is 83.5 cm³/mol. The van der Waals surface area contributed by atoms with Crippen molar-refractivity contribution in [2.75, 3.05) is 13.2 Å². The van der Waals surface area contributed by atoms with Gasteiger partial charge in [-0.2, -0.15) is 5.26 Å². The van der Waals surface area contributed by atoms with Crippen molar-refractivity contribution in [1.29, 1.82) is 5.26 Å². The number of nitrogens with one attached hydrogen (secondary N) is 1. The number of hydrogen-bond donors (Lipinski definition) is 1. The van der Waals surface area contributed by atoms with Crippen LogP contribution >= 0.6 is 0 Å². The summed E-state index contributed by atoms with van der Waals surface area (Å²) in [6.07, 6.45) is 9.35. The number of hydrogen-bond acceptors (Lipinski definition) is 3. The molecule has 3 atom stereocenters. The first-order valence-electron chi connectivity index (χ1n) is 8.43. The highest BCUT2D eigenvalue weighted by Gasteiger charge is 2.26. The third-order valence-corrected chi connectivity index (χ3v) is 4.52. The van der Waals surface area contributed by atoms with Crippen molar-refractivity contribution in [1.82, 2.24) is 5.32 Å². The van der Waals surface area contributed by atoms with Gasteiger partial charge in [0.05, 0.1) is 12.2 Å². The second-order valence-electron chi connectivity index (χ2n) is 6.34. The van der Waals surface area contributed by atoms with E-state index in [1.54, 1.807) is 0 Å². The second kappa shape index (κ2) is 9.37. The Hall–Kier alpha value is -0.590. The van der Waals surface area contributed by atoms with Crippen LogP contribution in [-0.2, 0) is 4.74 Å². The zero-order valence-electron chi connectivity index (χ0n) is 13.6. The van der Waals surface area contributed by atoms with Crippen molar-refractivity contribution in [3.8, 4) is 6.07 Å². The maximum absolute atomic E-state index is 9.43. The van der Waals surface area contributed by atoms with Gasteiger partial charge in [-0.1, -0.05) is 33.6 Å². The lowest BCUT2D eigenvalue weighted by molar-refractivity contribution is 0.0121. The molecule has 0 bridgehead atoms. The summed E-state index contributed by atoms with van der Waals surface area (Å²) in [4.78, 5) is 0. The fraction of sp³-hybridized carbons (Fsp3) is 0.941. The molecule has 3 heteroatoms. The zero-order valence-corrected chi connectivity index (χ0v) is 13.6. The first-order chi connectivity index (χ1) is 9.65. The average molecular weight is 280 g/mol. The Bertz CT molecular complexity index is 300. The highest BCUT2D eigenvalue weighted by molar-refractivity contribution is 5.06. The number of nitrogens with zero attached hydrogens (tertiary/aromatic N) is 1. The summed E-state index contributed by atoms with van der Waals surface area (Å²) in [6.45, 7) is 8.27. The van der Waals surface area contributed by atoms with E-state index < -0.39 is 0 Å². The minimum atomic E-state index is -0.348. The summed E-state index contributed by atoms with van der Waals surface area (Å²) in [6, 6.07) is 2.48. The Morgan fingerprint density at radius 3 is 2.75 bits per heavy atom. The molecule has 0 amide bonds. The highest BCUT2D eigenvalue weighted by Crippen LogP contribution is 2.26. The van der Waals surface area contributed by atoms with Crippen LogP contribution in [0, 0.1) is 17.2 Å². The molecule has 0 aromatic carbocycles. The van der Waals surface area contributed by atoms with E-state index in [9.17, 15) is 5.26 Å². The molecule has 0 spiro atoms. The SMILES string of the molecule is CCCNC(C#N)(CC)CCCOC1CCCC(C)C1. The molecule has 0 radical (unpaired) electrons. The topological polar surface area (TPSA) is 45.0 Å². The third kappa shape index (κ3) is 5.81. The quantitative estimate of drug-likeness (QED) is 0.648. The van der Waals surface area contributed by atoms with E-state index >= 15 is 0 Å². The van der Waals surface area contributed by atoms with Crippen molar-refractivity contribution < 1.29 is 4.74 Å². The Kier molecular flexibility index (Phi) is 8.18. The lowest BCUT2D eigenvalue weighted by atomic mass is 9.88. The van der Waals surface area contributed by atoms with Crippen LogP contribution in [-0.4, -0.2) is 24.8 Å². The summed E-state index contributed by atoms with van der Waals surface area (Å²) in [5.74, 6) is 0.814. The van der Waals surface area contributed by atoms with Crippen LogP contribution in [0.1, 0.15) is 72.1 Å². The van der Waals surface area contributed by atoms with E-state index in [1.807, 2.05) is 0 Å². The molecule has 20 heavy (non-hydrogen) atoms. The minimum Gasteiger partial charge on any atom is -0.378 e. The molecule has 0 saturated heterocycles. The predicted octanol–water partition coefficient (Wildman–Crippen LogP) is 4.03. The van der Waals surface area contributed by atoms with Gasteiger partial charge in [0, 0.05) is 6.61 Å². The molecule has 1 saturated carbocycles. The van der Waals surface area contributed by atoms with E-state index in [4.69, 9.17) is 4.74 Å². The van der Waals surface area contributed by atoms with E-state index in [0.29, 0.717) is 6.10 Å². The summed E-state index contributed by atoms with van der Waals surface area (Å²) >= 11 is 0. The van der Waals surface area contributed by atoms with E-state index in [0.717, 1.165) is 44.8 Å². The lowest BCUT2D eigenvalue weighted by Gasteiger charge is -2.29. The number of ether oxygens (including phenoxy) is 1. The van der Waals surface area contributed by atoms with E-state index in [1.165, 1.54) is 25.7 Å². The average Bonchev–Trinajstić information content (AvgIpc) is 2.47. The highest BCUT2D eigenvalue weighted by atomic mass is 16.5. The molecule has 116 valence electrons. The molecular formula is C17H32N2O. The first kappa shape index (κ1) is 17.5. The molecule has 1 aliphatic carbocycles. The summed E-state index contributed by atoms with van der Waals surface area (Å²) in [5.41, 5.74) is -0.348. The van der Waals surface area contributed by atoms with Crippen LogP contribution in [0.3, 0.4) is 0 Å². The molecule has 3 nitrogen and oxygen atoms in total. The van der Waals surface area contributed by atoms with Gasteiger partial charge >= 0.3 is 0 Å². The molecule has 1 aliphatic rings. The summed E-state index contributed by atoms with van der Waals surface area (Å²) < 4.78 is 6.01. The van der Waals surface area contributed by atoms with Crippen molar-refractivity contribution in [3.63, 3.8) is 0 Å². The molecular weight excluding hydrogens is 248 g/mol. The molecule has 0 aromatic heterocycles. The second-order valence-corrected chi connectivity index (χ2v) is 6.34. The van der Waals surface area contributed by atoms with Gasteiger partial charge in [-0.15, -0.1) is 0 Å². The van der Waals surface area contributed by atoms with E-state index in [2.05, 4.69) is 32.2 Å². The van der Waals surface area contributed by atoms with E-state index in [-0.39, 0.29) is 5.54 Å². The third-order valence-electron chi connectivity index (χ3n) is 4.52. The fourth-order valence-electron chi connectivity index (χ4n) is 3.08. The van der Waals surface area contributed by atoms with Crippen molar-refractivity contribution >= 4 is 0 Å². The van der Waals surface area contributed by atoms with Crippen LogP contribution in [0.25, 0.3) is 0 Å². The normalized spacial score (nSPS) is 25.9. The van der Waals surface area contributed by atoms with Gasteiger partial charge in [-0.05, 0) is 51.0 Å². The van der Waals surface area contributed by atoms with Crippen LogP contribution in [0.4, 0.5) is 0 Å². The lowest BCUT2D eigenvalue weighted by Crippen LogP contribution is -2.44. The van der Waals surface area contributed by atoms with Crippen LogP contribution in [0.2, 0.25) is 0 Å². The summed E-state index contributed by atoms with van der Waals surface area (Å²) in [5, 5.41) is 12.8. The van der Waals surface area contributed by atoms with Gasteiger partial charge in [0.1, 0.15) is 5.54 Å². The maximum atomic E-state index is 9.43. The molecule has 0 heterocycles. The number of rotatable bonds is 9. The Morgan fingerprint density at radius 1 is 1.35 bits per heavy atom. The molecule has 0 aromatic rings. The Morgan fingerprint density at radius 2 is 2.15 bits per heavy atom. The Balaban J connectivity index is 2.25. The van der Waals surface area contributed by atoms with Crippen LogP contribution < -0.4 is 5.32 Å². The maximum Gasteiger partial charge on any atom is 0.106 e.